The monoisotopic (exact) mass is 325 g/mol. The van der Waals surface area contributed by atoms with Crippen molar-refractivity contribution in [1.29, 1.82) is 0 Å². The molecule has 0 radical (unpaired) electrons. The third kappa shape index (κ3) is 5.06. The van der Waals surface area contributed by atoms with Gasteiger partial charge in [0.1, 0.15) is 0 Å². The molecule has 0 aliphatic carbocycles. The number of carbonyl (C=O) groups excluding carboxylic acids is 1. The molecular formula is C10H10F2INO. The zero-order valence-electron chi connectivity index (χ0n) is 7.84. The van der Waals surface area contributed by atoms with Crippen molar-refractivity contribution < 1.29 is 13.6 Å². The number of carbonyl (C=O) groups is 1. The first-order valence-corrected chi connectivity index (χ1v) is 5.45. The highest BCUT2D eigenvalue weighted by Gasteiger charge is 2.06. The first-order chi connectivity index (χ1) is 7.08. The molecule has 0 heterocycles. The van der Waals surface area contributed by atoms with Gasteiger partial charge in [-0.15, -0.1) is 0 Å². The number of nitrogens with one attached hydrogen (secondary N) is 1. The molecule has 1 aromatic rings. The average molecular weight is 325 g/mol. The summed E-state index contributed by atoms with van der Waals surface area (Å²) < 4.78 is 24.6. The van der Waals surface area contributed by atoms with E-state index in [0.29, 0.717) is 0 Å². The lowest BCUT2D eigenvalue weighted by molar-refractivity contribution is -0.121. The van der Waals surface area contributed by atoms with E-state index < -0.39 is 13.0 Å². The Labute approximate surface area is 100 Å². The summed E-state index contributed by atoms with van der Waals surface area (Å²) in [5, 5.41) is 2.15. The lowest BCUT2D eigenvalue weighted by Gasteiger charge is -2.04. The van der Waals surface area contributed by atoms with Crippen LogP contribution in [0, 0.1) is 3.57 Å². The highest BCUT2D eigenvalue weighted by molar-refractivity contribution is 14.1. The van der Waals surface area contributed by atoms with Crippen LogP contribution in [0.5, 0.6) is 0 Å². The Kier molecular flexibility index (Phi) is 4.93. The maximum atomic E-state index is 11.8. The summed E-state index contributed by atoms with van der Waals surface area (Å²) in [5.74, 6) is -0.378. The van der Waals surface area contributed by atoms with Crippen molar-refractivity contribution in [1.82, 2.24) is 5.32 Å². The number of benzene rings is 1. The van der Waals surface area contributed by atoms with Crippen LogP contribution in [-0.4, -0.2) is 18.9 Å². The van der Waals surface area contributed by atoms with Crippen molar-refractivity contribution in [2.75, 3.05) is 6.54 Å². The molecule has 0 unspecified atom stereocenters. The second kappa shape index (κ2) is 5.99. The maximum Gasteiger partial charge on any atom is 0.255 e. The molecule has 0 fully saturated rings. The Morgan fingerprint density at radius 2 is 1.93 bits per heavy atom. The van der Waals surface area contributed by atoms with Gasteiger partial charge in [-0.1, -0.05) is 12.1 Å². The molecule has 0 saturated heterocycles. The van der Waals surface area contributed by atoms with Crippen LogP contribution >= 0.6 is 22.6 Å². The fourth-order valence-corrected chi connectivity index (χ4v) is 1.40. The second-order valence-corrected chi connectivity index (χ2v) is 4.24. The number of rotatable bonds is 4. The lowest BCUT2D eigenvalue weighted by Crippen LogP contribution is -2.29. The van der Waals surface area contributed by atoms with Crippen molar-refractivity contribution in [2.45, 2.75) is 12.8 Å². The minimum absolute atomic E-state index is 0.142. The highest BCUT2D eigenvalue weighted by Crippen LogP contribution is 2.07. The van der Waals surface area contributed by atoms with Crippen LogP contribution in [0.15, 0.2) is 24.3 Å². The normalized spacial score (nSPS) is 10.4. The first kappa shape index (κ1) is 12.4. The molecule has 1 amide bonds. The average Bonchev–Trinajstić information content (AvgIpc) is 2.19. The molecule has 15 heavy (non-hydrogen) atoms. The Hall–Kier alpha value is -0.720. The van der Waals surface area contributed by atoms with Crippen molar-refractivity contribution in [3.8, 4) is 0 Å². The molecule has 0 saturated carbocycles. The Balaban J connectivity index is 2.41. The number of hydrogen-bond donors (Lipinski definition) is 1. The van der Waals surface area contributed by atoms with E-state index in [1.165, 1.54) is 0 Å². The van der Waals surface area contributed by atoms with Gasteiger partial charge in [-0.3, -0.25) is 4.79 Å². The second-order valence-electron chi connectivity index (χ2n) is 3.00. The maximum absolute atomic E-state index is 11.8. The third-order valence-electron chi connectivity index (χ3n) is 1.73. The zero-order chi connectivity index (χ0) is 11.3. The molecule has 0 spiro atoms. The first-order valence-electron chi connectivity index (χ1n) is 4.37. The van der Waals surface area contributed by atoms with Gasteiger partial charge in [-0.25, -0.2) is 8.78 Å². The van der Waals surface area contributed by atoms with E-state index in [9.17, 15) is 13.6 Å². The molecule has 5 heteroatoms. The lowest BCUT2D eigenvalue weighted by atomic mass is 10.1. The third-order valence-corrected chi connectivity index (χ3v) is 2.45. The van der Waals surface area contributed by atoms with Crippen LogP contribution in [0.25, 0.3) is 0 Å². The summed E-state index contributed by atoms with van der Waals surface area (Å²) in [5.41, 5.74) is 0.821. The molecule has 1 aromatic carbocycles. The number of hydrogen-bond acceptors (Lipinski definition) is 1. The van der Waals surface area contributed by atoms with E-state index >= 15 is 0 Å². The van der Waals surface area contributed by atoms with Gasteiger partial charge in [-0.2, -0.15) is 0 Å². The van der Waals surface area contributed by atoms with Crippen LogP contribution < -0.4 is 5.32 Å². The molecule has 82 valence electrons. The largest absolute Gasteiger partial charge is 0.350 e. The van der Waals surface area contributed by atoms with E-state index in [1.807, 2.05) is 24.3 Å². The molecule has 0 atom stereocenters. The van der Waals surface area contributed by atoms with Gasteiger partial charge in [-0.05, 0) is 40.3 Å². The minimum atomic E-state index is -2.49. The van der Waals surface area contributed by atoms with Crippen molar-refractivity contribution >= 4 is 28.5 Å². The molecular weight excluding hydrogens is 315 g/mol. The zero-order valence-corrected chi connectivity index (χ0v) is 10.0. The van der Waals surface area contributed by atoms with Gasteiger partial charge in [0.15, 0.2) is 0 Å². The number of alkyl halides is 2. The summed E-state index contributed by atoms with van der Waals surface area (Å²) in [6.07, 6.45) is -2.35. The number of halogens is 3. The van der Waals surface area contributed by atoms with Gasteiger partial charge in [0.2, 0.25) is 5.91 Å². The van der Waals surface area contributed by atoms with Crippen molar-refractivity contribution in [3.63, 3.8) is 0 Å². The SMILES string of the molecule is O=C(Cc1ccc(I)cc1)NCC(F)F. The Bertz CT molecular complexity index is 327. The summed E-state index contributed by atoms with van der Waals surface area (Å²) >= 11 is 2.16. The molecule has 0 aromatic heterocycles. The Morgan fingerprint density at radius 1 is 1.33 bits per heavy atom. The smallest absolute Gasteiger partial charge is 0.255 e. The van der Waals surface area contributed by atoms with Gasteiger partial charge in [0.25, 0.3) is 6.43 Å². The van der Waals surface area contributed by atoms with E-state index in [0.717, 1.165) is 9.13 Å². The van der Waals surface area contributed by atoms with Crippen LogP contribution in [0.1, 0.15) is 5.56 Å². The highest BCUT2D eigenvalue weighted by atomic mass is 127. The summed E-state index contributed by atoms with van der Waals surface area (Å²) in [6, 6.07) is 7.36. The predicted molar refractivity (Wildman–Crippen MR) is 61.9 cm³/mol. The summed E-state index contributed by atoms with van der Waals surface area (Å²) in [4.78, 5) is 11.2. The van der Waals surface area contributed by atoms with Crippen LogP contribution in [0.3, 0.4) is 0 Å². The standard InChI is InChI=1S/C10H10F2INO/c11-9(12)6-14-10(15)5-7-1-3-8(13)4-2-7/h1-4,9H,5-6H2,(H,14,15). The van der Waals surface area contributed by atoms with Gasteiger partial charge in [0.05, 0.1) is 13.0 Å². The molecule has 2 nitrogen and oxygen atoms in total. The fourth-order valence-electron chi connectivity index (χ4n) is 1.04. The topological polar surface area (TPSA) is 29.1 Å². The molecule has 0 bridgehead atoms. The van der Waals surface area contributed by atoms with E-state index in [2.05, 4.69) is 27.9 Å². The van der Waals surface area contributed by atoms with Crippen LogP contribution in [0.2, 0.25) is 0 Å². The van der Waals surface area contributed by atoms with Gasteiger partial charge < -0.3 is 5.32 Å². The summed E-state index contributed by atoms with van der Waals surface area (Å²) in [7, 11) is 0. The molecule has 1 rings (SSSR count). The molecule has 0 aliphatic rings. The summed E-state index contributed by atoms with van der Waals surface area (Å²) in [6.45, 7) is -0.580. The predicted octanol–water partition coefficient (Wildman–Crippen LogP) is 2.21. The van der Waals surface area contributed by atoms with E-state index in [4.69, 9.17) is 0 Å². The van der Waals surface area contributed by atoms with E-state index in [-0.39, 0.29) is 12.3 Å². The van der Waals surface area contributed by atoms with Gasteiger partial charge in [0, 0.05) is 3.57 Å². The van der Waals surface area contributed by atoms with Crippen molar-refractivity contribution in [3.05, 3.63) is 33.4 Å². The van der Waals surface area contributed by atoms with Gasteiger partial charge >= 0.3 is 0 Å². The van der Waals surface area contributed by atoms with Crippen LogP contribution in [0.4, 0.5) is 8.78 Å². The molecule has 0 aliphatic heterocycles. The number of amides is 1. The Morgan fingerprint density at radius 3 is 2.47 bits per heavy atom. The van der Waals surface area contributed by atoms with E-state index in [1.54, 1.807) is 0 Å². The minimum Gasteiger partial charge on any atom is -0.350 e. The van der Waals surface area contributed by atoms with Crippen LogP contribution in [-0.2, 0) is 11.2 Å². The quantitative estimate of drug-likeness (QED) is 0.845. The molecule has 1 N–H and O–H groups in total. The van der Waals surface area contributed by atoms with Crippen molar-refractivity contribution in [2.24, 2.45) is 0 Å². The fraction of sp³-hybridized carbons (Fsp3) is 0.300.